The second-order valence-corrected chi connectivity index (χ2v) is 4.46. The van der Waals surface area contributed by atoms with E-state index in [9.17, 15) is 9.18 Å². The van der Waals surface area contributed by atoms with Crippen molar-refractivity contribution in [2.24, 2.45) is 5.10 Å². The minimum Gasteiger partial charge on any atom is -0.484 e. The summed E-state index contributed by atoms with van der Waals surface area (Å²) in [6.07, 6.45) is 1.44. The van der Waals surface area contributed by atoms with Crippen LogP contribution < -0.4 is 10.2 Å². The van der Waals surface area contributed by atoms with Crippen molar-refractivity contribution in [3.8, 4) is 5.75 Å². The highest BCUT2D eigenvalue weighted by atomic mass is 35.5. The molecule has 2 aromatic rings. The molecule has 0 fully saturated rings. The van der Waals surface area contributed by atoms with Crippen LogP contribution in [0.4, 0.5) is 4.39 Å². The Morgan fingerprint density at radius 2 is 1.95 bits per heavy atom. The number of benzene rings is 2. The van der Waals surface area contributed by atoms with Crippen LogP contribution >= 0.6 is 11.6 Å². The lowest BCUT2D eigenvalue weighted by molar-refractivity contribution is -0.123. The normalized spacial score (nSPS) is 10.6. The van der Waals surface area contributed by atoms with Crippen LogP contribution in [-0.2, 0) is 4.79 Å². The lowest BCUT2D eigenvalue weighted by Crippen LogP contribution is -2.24. The minimum atomic E-state index is -0.428. The lowest BCUT2D eigenvalue weighted by atomic mass is 10.2. The first-order valence-electron chi connectivity index (χ1n) is 6.10. The van der Waals surface area contributed by atoms with Crippen molar-refractivity contribution in [2.75, 3.05) is 6.61 Å². The molecule has 6 heteroatoms. The van der Waals surface area contributed by atoms with Gasteiger partial charge in [-0.15, -0.1) is 0 Å². The fraction of sp³-hybridized carbons (Fsp3) is 0.0667. The molecule has 2 aromatic carbocycles. The quantitative estimate of drug-likeness (QED) is 0.682. The van der Waals surface area contributed by atoms with E-state index in [0.29, 0.717) is 16.3 Å². The zero-order chi connectivity index (χ0) is 15.1. The van der Waals surface area contributed by atoms with E-state index < -0.39 is 5.91 Å². The highest BCUT2D eigenvalue weighted by molar-refractivity contribution is 6.33. The summed E-state index contributed by atoms with van der Waals surface area (Å²) in [4.78, 5) is 11.5. The van der Waals surface area contributed by atoms with Gasteiger partial charge in [-0.1, -0.05) is 29.8 Å². The SMILES string of the molecule is O=C(COc1ccc(F)cc1)N/N=C\c1ccccc1Cl. The number of hydrogen-bond acceptors (Lipinski definition) is 3. The Hall–Kier alpha value is -2.40. The highest BCUT2D eigenvalue weighted by Crippen LogP contribution is 2.12. The van der Waals surface area contributed by atoms with Gasteiger partial charge >= 0.3 is 0 Å². The van der Waals surface area contributed by atoms with Crippen molar-refractivity contribution in [3.63, 3.8) is 0 Å². The fourth-order valence-corrected chi connectivity index (χ4v) is 1.65. The topological polar surface area (TPSA) is 50.7 Å². The molecule has 0 aliphatic carbocycles. The van der Waals surface area contributed by atoms with Gasteiger partial charge in [-0.2, -0.15) is 5.10 Å². The number of nitrogens with one attached hydrogen (secondary N) is 1. The molecule has 1 amide bonds. The number of nitrogens with zero attached hydrogens (tertiary/aromatic N) is 1. The molecule has 2 rings (SSSR count). The maximum absolute atomic E-state index is 12.7. The summed E-state index contributed by atoms with van der Waals surface area (Å²) in [6.45, 7) is -0.217. The van der Waals surface area contributed by atoms with Crippen molar-refractivity contribution in [3.05, 3.63) is 64.9 Å². The standard InChI is InChI=1S/C15H12ClFN2O2/c16-14-4-2-1-3-11(14)9-18-19-15(20)10-21-13-7-5-12(17)6-8-13/h1-9H,10H2,(H,19,20)/b18-9-. The van der Waals surface area contributed by atoms with Crippen LogP contribution in [0.1, 0.15) is 5.56 Å². The van der Waals surface area contributed by atoms with Gasteiger partial charge in [0.2, 0.25) is 0 Å². The number of carbonyl (C=O) groups excluding carboxylic acids is 1. The zero-order valence-electron chi connectivity index (χ0n) is 10.9. The molecule has 4 nitrogen and oxygen atoms in total. The van der Waals surface area contributed by atoms with Crippen LogP contribution in [0.15, 0.2) is 53.6 Å². The maximum Gasteiger partial charge on any atom is 0.277 e. The average Bonchev–Trinajstić information content (AvgIpc) is 2.49. The van der Waals surface area contributed by atoms with Crippen LogP contribution in [0.2, 0.25) is 5.02 Å². The Bertz CT molecular complexity index is 644. The summed E-state index contributed by atoms with van der Waals surface area (Å²) >= 11 is 5.93. The van der Waals surface area contributed by atoms with Gasteiger partial charge in [0.05, 0.1) is 6.21 Å². The summed E-state index contributed by atoms with van der Waals surface area (Å²) < 4.78 is 17.9. The summed E-state index contributed by atoms with van der Waals surface area (Å²) in [6, 6.07) is 12.5. The Morgan fingerprint density at radius 1 is 1.24 bits per heavy atom. The van der Waals surface area contributed by atoms with Crippen molar-refractivity contribution in [1.82, 2.24) is 5.43 Å². The lowest BCUT2D eigenvalue weighted by Gasteiger charge is -2.04. The number of ether oxygens (including phenoxy) is 1. The van der Waals surface area contributed by atoms with Gasteiger partial charge in [-0.3, -0.25) is 4.79 Å². The molecule has 0 heterocycles. The van der Waals surface area contributed by atoms with Gasteiger partial charge < -0.3 is 4.74 Å². The first-order chi connectivity index (χ1) is 10.1. The van der Waals surface area contributed by atoms with Crippen molar-refractivity contribution in [1.29, 1.82) is 0 Å². The predicted molar refractivity (Wildman–Crippen MR) is 79.1 cm³/mol. The van der Waals surface area contributed by atoms with E-state index in [4.69, 9.17) is 16.3 Å². The van der Waals surface area contributed by atoms with E-state index in [1.54, 1.807) is 18.2 Å². The fourth-order valence-electron chi connectivity index (χ4n) is 1.47. The molecule has 0 radical (unpaired) electrons. The monoisotopic (exact) mass is 306 g/mol. The Labute approximate surface area is 126 Å². The molecule has 21 heavy (non-hydrogen) atoms. The third-order valence-corrected chi connectivity index (χ3v) is 2.83. The second kappa shape index (κ2) is 7.40. The molecule has 0 aliphatic heterocycles. The molecule has 0 atom stereocenters. The van der Waals surface area contributed by atoms with Crippen molar-refractivity contribution < 1.29 is 13.9 Å². The molecule has 0 aromatic heterocycles. The summed E-state index contributed by atoms with van der Waals surface area (Å²) in [5, 5.41) is 4.32. The van der Waals surface area contributed by atoms with Gasteiger partial charge in [0, 0.05) is 10.6 Å². The number of hydrogen-bond donors (Lipinski definition) is 1. The third-order valence-electron chi connectivity index (χ3n) is 2.48. The van der Waals surface area contributed by atoms with Crippen LogP contribution in [0, 0.1) is 5.82 Å². The van der Waals surface area contributed by atoms with Crippen molar-refractivity contribution in [2.45, 2.75) is 0 Å². The van der Waals surface area contributed by atoms with Gasteiger partial charge in [0.15, 0.2) is 6.61 Å². The highest BCUT2D eigenvalue weighted by Gasteiger charge is 2.01. The van der Waals surface area contributed by atoms with E-state index in [0.717, 1.165) is 0 Å². The Morgan fingerprint density at radius 3 is 2.67 bits per heavy atom. The molecular formula is C15H12ClFN2O2. The second-order valence-electron chi connectivity index (χ2n) is 4.06. The Balaban J connectivity index is 1.80. The third kappa shape index (κ3) is 4.89. The largest absolute Gasteiger partial charge is 0.484 e. The Kier molecular flexibility index (Phi) is 5.29. The van der Waals surface area contributed by atoms with Gasteiger partial charge in [-0.25, -0.2) is 9.82 Å². The van der Waals surface area contributed by atoms with E-state index >= 15 is 0 Å². The number of amides is 1. The van der Waals surface area contributed by atoms with Crippen LogP contribution in [0.3, 0.4) is 0 Å². The number of rotatable bonds is 5. The smallest absolute Gasteiger partial charge is 0.277 e. The molecule has 108 valence electrons. The molecule has 0 saturated carbocycles. The summed E-state index contributed by atoms with van der Waals surface area (Å²) in [5.41, 5.74) is 3.01. The maximum atomic E-state index is 12.7. The molecule has 0 aliphatic rings. The molecule has 0 spiro atoms. The van der Waals surface area contributed by atoms with E-state index in [-0.39, 0.29) is 12.4 Å². The van der Waals surface area contributed by atoms with E-state index in [1.807, 2.05) is 6.07 Å². The number of hydrazone groups is 1. The molecule has 0 unspecified atom stereocenters. The van der Waals surface area contributed by atoms with Crippen LogP contribution in [0.25, 0.3) is 0 Å². The minimum absolute atomic E-state index is 0.217. The molecule has 0 bridgehead atoms. The molecule has 0 saturated heterocycles. The zero-order valence-corrected chi connectivity index (χ0v) is 11.7. The van der Waals surface area contributed by atoms with Gasteiger partial charge in [-0.05, 0) is 30.3 Å². The van der Waals surface area contributed by atoms with Crippen LogP contribution in [-0.4, -0.2) is 18.7 Å². The van der Waals surface area contributed by atoms with E-state index in [1.165, 1.54) is 30.5 Å². The predicted octanol–water partition coefficient (Wildman–Crippen LogP) is 3.01. The van der Waals surface area contributed by atoms with Gasteiger partial charge in [0.1, 0.15) is 11.6 Å². The van der Waals surface area contributed by atoms with Crippen LogP contribution in [0.5, 0.6) is 5.75 Å². The number of halogens is 2. The van der Waals surface area contributed by atoms with Crippen molar-refractivity contribution >= 4 is 23.7 Å². The number of carbonyl (C=O) groups is 1. The average molecular weight is 307 g/mol. The first kappa shape index (κ1) is 15.0. The first-order valence-corrected chi connectivity index (χ1v) is 6.48. The summed E-state index contributed by atoms with van der Waals surface area (Å²) in [7, 11) is 0. The molecule has 1 N–H and O–H groups in total. The summed E-state index contributed by atoms with van der Waals surface area (Å²) in [5.74, 6) is -0.389. The van der Waals surface area contributed by atoms with Gasteiger partial charge in [0.25, 0.3) is 5.91 Å². The van der Waals surface area contributed by atoms with E-state index in [2.05, 4.69) is 10.5 Å². The molecular weight excluding hydrogens is 295 g/mol.